The van der Waals surface area contributed by atoms with Gasteiger partial charge in [-0.15, -0.1) is 0 Å². The summed E-state index contributed by atoms with van der Waals surface area (Å²) in [6.45, 7) is 6.76. The molecule has 1 atom stereocenters. The van der Waals surface area contributed by atoms with Crippen LogP contribution in [-0.4, -0.2) is 28.4 Å². The minimum absolute atomic E-state index is 0.0363. The minimum atomic E-state index is -0.454. The molecule has 0 fully saturated rings. The van der Waals surface area contributed by atoms with Crippen LogP contribution < -0.4 is 5.73 Å². The van der Waals surface area contributed by atoms with Crippen LogP contribution >= 0.6 is 0 Å². The van der Waals surface area contributed by atoms with Crippen LogP contribution in [0.3, 0.4) is 0 Å². The van der Waals surface area contributed by atoms with Gasteiger partial charge in [-0.1, -0.05) is 6.07 Å². The molecule has 1 heterocycles. The molecule has 1 aromatic rings. The van der Waals surface area contributed by atoms with Crippen molar-refractivity contribution in [3.8, 4) is 0 Å². The van der Waals surface area contributed by atoms with Crippen LogP contribution in [-0.2, 0) is 11.3 Å². The van der Waals surface area contributed by atoms with Crippen LogP contribution in [0.1, 0.15) is 25.2 Å². The summed E-state index contributed by atoms with van der Waals surface area (Å²) in [4.78, 5) is 17.8. The SMILES string of the molecule is CCN(Cc1cccc(C)n1)C(=O)[C@@H](C)N. The summed E-state index contributed by atoms with van der Waals surface area (Å²) in [5.41, 5.74) is 7.44. The molecule has 1 rings (SSSR count). The molecule has 0 radical (unpaired) electrons. The number of aromatic nitrogens is 1. The second kappa shape index (κ2) is 5.61. The topological polar surface area (TPSA) is 59.2 Å². The van der Waals surface area contributed by atoms with Crippen LogP contribution in [0.15, 0.2) is 18.2 Å². The number of pyridine rings is 1. The van der Waals surface area contributed by atoms with Crippen molar-refractivity contribution in [2.24, 2.45) is 5.73 Å². The fraction of sp³-hybridized carbons (Fsp3) is 0.500. The molecule has 0 saturated heterocycles. The first-order valence-electron chi connectivity index (χ1n) is 5.51. The molecule has 16 heavy (non-hydrogen) atoms. The first-order chi connectivity index (χ1) is 7.54. The largest absolute Gasteiger partial charge is 0.336 e. The van der Waals surface area contributed by atoms with Gasteiger partial charge in [0.25, 0.3) is 0 Å². The number of amides is 1. The van der Waals surface area contributed by atoms with Gasteiger partial charge in [0.05, 0.1) is 18.3 Å². The van der Waals surface area contributed by atoms with Gasteiger partial charge in [0.15, 0.2) is 0 Å². The number of rotatable bonds is 4. The Morgan fingerprint density at radius 3 is 2.75 bits per heavy atom. The van der Waals surface area contributed by atoms with E-state index in [1.165, 1.54) is 0 Å². The van der Waals surface area contributed by atoms with Crippen LogP contribution in [0.5, 0.6) is 0 Å². The quantitative estimate of drug-likeness (QED) is 0.827. The summed E-state index contributed by atoms with van der Waals surface area (Å²) < 4.78 is 0. The van der Waals surface area contributed by atoms with E-state index in [0.717, 1.165) is 11.4 Å². The molecule has 0 saturated carbocycles. The van der Waals surface area contributed by atoms with E-state index in [1.807, 2.05) is 32.0 Å². The summed E-state index contributed by atoms with van der Waals surface area (Å²) in [5.74, 6) is -0.0363. The summed E-state index contributed by atoms with van der Waals surface area (Å²) >= 11 is 0. The second-order valence-corrected chi connectivity index (χ2v) is 3.91. The van der Waals surface area contributed by atoms with Crippen molar-refractivity contribution < 1.29 is 4.79 Å². The molecule has 88 valence electrons. The van der Waals surface area contributed by atoms with Crippen molar-refractivity contribution >= 4 is 5.91 Å². The molecule has 2 N–H and O–H groups in total. The predicted octanol–water partition coefficient (Wildman–Crippen LogP) is 1.09. The van der Waals surface area contributed by atoms with E-state index in [4.69, 9.17) is 5.73 Å². The molecular formula is C12H19N3O. The second-order valence-electron chi connectivity index (χ2n) is 3.91. The molecule has 1 aromatic heterocycles. The molecule has 1 amide bonds. The average molecular weight is 221 g/mol. The van der Waals surface area contributed by atoms with Gasteiger partial charge in [-0.2, -0.15) is 0 Å². The zero-order chi connectivity index (χ0) is 12.1. The smallest absolute Gasteiger partial charge is 0.239 e. The summed E-state index contributed by atoms with van der Waals surface area (Å²) in [5, 5.41) is 0. The third-order valence-corrected chi connectivity index (χ3v) is 2.38. The van der Waals surface area contributed by atoms with Crippen molar-refractivity contribution in [2.75, 3.05) is 6.54 Å². The maximum atomic E-state index is 11.7. The number of hydrogen-bond acceptors (Lipinski definition) is 3. The lowest BCUT2D eigenvalue weighted by Gasteiger charge is -2.22. The Hall–Kier alpha value is -1.42. The number of nitrogens with zero attached hydrogens (tertiary/aromatic N) is 2. The molecule has 0 aliphatic heterocycles. The highest BCUT2D eigenvalue weighted by Gasteiger charge is 2.16. The van der Waals surface area contributed by atoms with Crippen molar-refractivity contribution in [3.05, 3.63) is 29.6 Å². The molecule has 4 nitrogen and oxygen atoms in total. The van der Waals surface area contributed by atoms with E-state index < -0.39 is 6.04 Å². The van der Waals surface area contributed by atoms with E-state index >= 15 is 0 Å². The number of carbonyl (C=O) groups is 1. The Morgan fingerprint density at radius 2 is 2.25 bits per heavy atom. The van der Waals surface area contributed by atoms with Gasteiger partial charge < -0.3 is 10.6 Å². The highest BCUT2D eigenvalue weighted by molar-refractivity contribution is 5.81. The maximum absolute atomic E-state index is 11.7. The van der Waals surface area contributed by atoms with Crippen molar-refractivity contribution in [2.45, 2.75) is 33.4 Å². The summed E-state index contributed by atoms with van der Waals surface area (Å²) in [6, 6.07) is 5.35. The molecule has 0 bridgehead atoms. The van der Waals surface area contributed by atoms with E-state index in [1.54, 1.807) is 11.8 Å². The average Bonchev–Trinajstić information content (AvgIpc) is 2.25. The number of nitrogens with two attached hydrogens (primary N) is 1. The van der Waals surface area contributed by atoms with Gasteiger partial charge in [0.2, 0.25) is 5.91 Å². The van der Waals surface area contributed by atoms with Gasteiger partial charge in [0.1, 0.15) is 0 Å². The Labute approximate surface area is 96.5 Å². The minimum Gasteiger partial charge on any atom is -0.336 e. The Bertz CT molecular complexity index is 363. The number of hydrogen-bond donors (Lipinski definition) is 1. The molecule has 0 spiro atoms. The first kappa shape index (κ1) is 12.6. The fourth-order valence-electron chi connectivity index (χ4n) is 1.52. The normalized spacial score (nSPS) is 12.2. The first-order valence-corrected chi connectivity index (χ1v) is 5.51. The van der Waals surface area contributed by atoms with Gasteiger partial charge in [0, 0.05) is 12.2 Å². The molecule has 0 aliphatic rings. The zero-order valence-corrected chi connectivity index (χ0v) is 10.1. The summed E-state index contributed by atoms with van der Waals surface area (Å²) in [7, 11) is 0. The van der Waals surface area contributed by atoms with Crippen molar-refractivity contribution in [1.82, 2.24) is 9.88 Å². The van der Waals surface area contributed by atoms with Crippen LogP contribution in [0.4, 0.5) is 0 Å². The Balaban J connectivity index is 2.74. The molecule has 0 unspecified atom stereocenters. The van der Waals surface area contributed by atoms with Gasteiger partial charge in [-0.3, -0.25) is 9.78 Å². The van der Waals surface area contributed by atoms with E-state index in [9.17, 15) is 4.79 Å². The van der Waals surface area contributed by atoms with Crippen LogP contribution in [0.2, 0.25) is 0 Å². The lowest BCUT2D eigenvalue weighted by atomic mass is 10.2. The number of likely N-dealkylation sites (N-methyl/N-ethyl adjacent to an activating group) is 1. The highest BCUT2D eigenvalue weighted by atomic mass is 16.2. The lowest BCUT2D eigenvalue weighted by Crippen LogP contribution is -2.41. The summed E-state index contributed by atoms with van der Waals surface area (Å²) in [6.07, 6.45) is 0. The van der Waals surface area contributed by atoms with Crippen LogP contribution in [0, 0.1) is 6.92 Å². The monoisotopic (exact) mass is 221 g/mol. The van der Waals surface area contributed by atoms with Crippen LogP contribution in [0.25, 0.3) is 0 Å². The van der Waals surface area contributed by atoms with Crippen molar-refractivity contribution in [3.63, 3.8) is 0 Å². The van der Waals surface area contributed by atoms with Crippen molar-refractivity contribution in [1.29, 1.82) is 0 Å². The van der Waals surface area contributed by atoms with E-state index in [0.29, 0.717) is 13.1 Å². The molecule has 0 aromatic carbocycles. The fourth-order valence-corrected chi connectivity index (χ4v) is 1.52. The highest BCUT2D eigenvalue weighted by Crippen LogP contribution is 2.04. The van der Waals surface area contributed by atoms with Gasteiger partial charge >= 0.3 is 0 Å². The number of aryl methyl sites for hydroxylation is 1. The van der Waals surface area contributed by atoms with E-state index in [-0.39, 0.29) is 5.91 Å². The Morgan fingerprint density at radius 1 is 1.56 bits per heavy atom. The van der Waals surface area contributed by atoms with Gasteiger partial charge in [-0.05, 0) is 32.9 Å². The lowest BCUT2D eigenvalue weighted by molar-refractivity contribution is -0.132. The third kappa shape index (κ3) is 3.31. The molecule has 4 heteroatoms. The number of carbonyl (C=O) groups excluding carboxylic acids is 1. The zero-order valence-electron chi connectivity index (χ0n) is 10.1. The predicted molar refractivity (Wildman–Crippen MR) is 63.7 cm³/mol. The third-order valence-electron chi connectivity index (χ3n) is 2.38. The Kier molecular flexibility index (Phi) is 4.43. The molecule has 0 aliphatic carbocycles. The molecular weight excluding hydrogens is 202 g/mol. The maximum Gasteiger partial charge on any atom is 0.239 e. The van der Waals surface area contributed by atoms with Gasteiger partial charge in [-0.25, -0.2) is 0 Å². The standard InChI is InChI=1S/C12H19N3O/c1-4-15(12(16)10(3)13)8-11-7-5-6-9(2)14-11/h5-7,10H,4,8,13H2,1-3H3/t10-/m1/s1. The van der Waals surface area contributed by atoms with E-state index in [2.05, 4.69) is 4.98 Å².